The van der Waals surface area contributed by atoms with Crippen molar-refractivity contribution >= 4 is 16.5 Å². The van der Waals surface area contributed by atoms with E-state index in [4.69, 9.17) is 0 Å². The van der Waals surface area contributed by atoms with Gasteiger partial charge < -0.3 is 9.88 Å². The molecule has 0 aliphatic heterocycles. The van der Waals surface area contributed by atoms with Crippen LogP contribution in [0.4, 0.5) is 9.52 Å². The SMILES string of the molecule is Cn1ccnc1CCNc1nnc(Cc2ccc(F)cc2)s1. The maximum Gasteiger partial charge on any atom is 0.205 e. The van der Waals surface area contributed by atoms with E-state index in [-0.39, 0.29) is 5.82 Å². The molecule has 0 atom stereocenters. The number of aryl methyl sites for hydroxylation is 1. The molecule has 1 aromatic carbocycles. The average Bonchev–Trinajstić information content (AvgIpc) is 3.12. The maximum absolute atomic E-state index is 12.9. The van der Waals surface area contributed by atoms with Crippen LogP contribution < -0.4 is 5.32 Å². The standard InChI is InChI=1S/C15H16FN5S/c1-21-9-8-17-13(21)6-7-18-15-20-19-14(22-15)10-11-2-4-12(16)5-3-11/h2-5,8-9H,6-7,10H2,1H3,(H,18,20). The van der Waals surface area contributed by atoms with Crippen molar-refractivity contribution in [1.29, 1.82) is 0 Å². The van der Waals surface area contributed by atoms with Gasteiger partial charge in [-0.05, 0) is 17.7 Å². The molecule has 0 aliphatic carbocycles. The fourth-order valence-corrected chi connectivity index (χ4v) is 2.89. The van der Waals surface area contributed by atoms with Gasteiger partial charge in [0, 0.05) is 38.8 Å². The third-order valence-electron chi connectivity index (χ3n) is 3.28. The highest BCUT2D eigenvalue weighted by Crippen LogP contribution is 2.18. The summed E-state index contributed by atoms with van der Waals surface area (Å²) >= 11 is 1.52. The van der Waals surface area contributed by atoms with Crippen molar-refractivity contribution in [2.24, 2.45) is 7.05 Å². The first kappa shape index (κ1) is 14.6. The van der Waals surface area contributed by atoms with Crippen LogP contribution in [-0.4, -0.2) is 26.3 Å². The Balaban J connectivity index is 1.52. The van der Waals surface area contributed by atoms with E-state index in [2.05, 4.69) is 20.5 Å². The molecule has 3 aromatic rings. The molecule has 2 heterocycles. The smallest absolute Gasteiger partial charge is 0.205 e. The van der Waals surface area contributed by atoms with Crippen LogP contribution in [0.3, 0.4) is 0 Å². The third kappa shape index (κ3) is 3.67. The second-order valence-electron chi connectivity index (χ2n) is 4.94. The van der Waals surface area contributed by atoms with Crippen LogP contribution in [0.1, 0.15) is 16.4 Å². The molecule has 1 N–H and O–H groups in total. The zero-order valence-electron chi connectivity index (χ0n) is 12.2. The van der Waals surface area contributed by atoms with E-state index in [1.54, 1.807) is 18.3 Å². The molecule has 0 saturated carbocycles. The Morgan fingerprint density at radius 1 is 1.23 bits per heavy atom. The largest absolute Gasteiger partial charge is 0.360 e. The zero-order valence-corrected chi connectivity index (χ0v) is 13.0. The molecule has 3 rings (SSSR count). The Labute approximate surface area is 131 Å². The quantitative estimate of drug-likeness (QED) is 0.759. The topological polar surface area (TPSA) is 55.6 Å². The highest BCUT2D eigenvalue weighted by molar-refractivity contribution is 7.15. The number of halogens is 1. The fourth-order valence-electron chi connectivity index (χ4n) is 2.09. The number of nitrogens with one attached hydrogen (secondary N) is 1. The first-order valence-corrected chi connectivity index (χ1v) is 7.79. The molecular formula is C15H16FN5S. The number of aromatic nitrogens is 4. The minimum absolute atomic E-state index is 0.224. The number of hydrogen-bond acceptors (Lipinski definition) is 5. The molecular weight excluding hydrogens is 301 g/mol. The maximum atomic E-state index is 12.9. The normalized spacial score (nSPS) is 10.8. The van der Waals surface area contributed by atoms with Crippen molar-refractivity contribution in [3.63, 3.8) is 0 Å². The molecule has 2 aromatic heterocycles. The Morgan fingerprint density at radius 2 is 2.05 bits per heavy atom. The molecule has 0 bridgehead atoms. The van der Waals surface area contributed by atoms with E-state index >= 15 is 0 Å². The minimum atomic E-state index is -0.224. The molecule has 0 unspecified atom stereocenters. The summed E-state index contributed by atoms with van der Waals surface area (Å²) < 4.78 is 14.9. The second kappa shape index (κ2) is 6.65. The zero-order chi connectivity index (χ0) is 15.4. The molecule has 0 amide bonds. The molecule has 0 saturated heterocycles. The highest BCUT2D eigenvalue weighted by atomic mass is 32.1. The molecule has 7 heteroatoms. The van der Waals surface area contributed by atoms with E-state index in [0.29, 0.717) is 6.42 Å². The van der Waals surface area contributed by atoms with Crippen LogP contribution in [0, 0.1) is 5.82 Å². The lowest BCUT2D eigenvalue weighted by Crippen LogP contribution is -2.08. The van der Waals surface area contributed by atoms with Crippen LogP contribution in [0.2, 0.25) is 0 Å². The van der Waals surface area contributed by atoms with Crippen LogP contribution in [0.15, 0.2) is 36.7 Å². The van der Waals surface area contributed by atoms with E-state index in [9.17, 15) is 4.39 Å². The number of anilines is 1. The van der Waals surface area contributed by atoms with E-state index < -0.39 is 0 Å². The van der Waals surface area contributed by atoms with Crippen molar-refractivity contribution < 1.29 is 4.39 Å². The number of benzene rings is 1. The van der Waals surface area contributed by atoms with E-state index in [1.165, 1.54) is 23.5 Å². The van der Waals surface area contributed by atoms with Gasteiger partial charge in [-0.15, -0.1) is 10.2 Å². The summed E-state index contributed by atoms with van der Waals surface area (Å²) in [4.78, 5) is 4.27. The summed E-state index contributed by atoms with van der Waals surface area (Å²) in [6, 6.07) is 6.46. The van der Waals surface area contributed by atoms with Gasteiger partial charge in [0.15, 0.2) is 0 Å². The van der Waals surface area contributed by atoms with E-state index in [1.807, 2.05) is 17.8 Å². The number of rotatable bonds is 6. The summed E-state index contributed by atoms with van der Waals surface area (Å²) in [7, 11) is 1.98. The Hall–Kier alpha value is -2.28. The summed E-state index contributed by atoms with van der Waals surface area (Å²) in [6.07, 6.45) is 5.22. The summed E-state index contributed by atoms with van der Waals surface area (Å²) in [5.41, 5.74) is 1.03. The number of nitrogens with zero attached hydrogens (tertiary/aromatic N) is 4. The Kier molecular flexibility index (Phi) is 4.43. The van der Waals surface area contributed by atoms with Gasteiger partial charge in [-0.2, -0.15) is 0 Å². The molecule has 22 heavy (non-hydrogen) atoms. The molecule has 5 nitrogen and oxygen atoms in total. The summed E-state index contributed by atoms with van der Waals surface area (Å²) in [6.45, 7) is 0.760. The summed E-state index contributed by atoms with van der Waals surface area (Å²) in [5.74, 6) is 0.807. The van der Waals surface area contributed by atoms with Gasteiger partial charge in [0.05, 0.1) is 0 Å². The molecule has 0 radical (unpaired) electrons. The van der Waals surface area contributed by atoms with Gasteiger partial charge in [-0.1, -0.05) is 23.5 Å². The predicted molar refractivity (Wildman–Crippen MR) is 84.5 cm³/mol. The predicted octanol–water partition coefficient (Wildman–Crippen LogP) is 2.66. The van der Waals surface area contributed by atoms with Gasteiger partial charge in [0.2, 0.25) is 5.13 Å². The second-order valence-corrected chi connectivity index (χ2v) is 6.00. The van der Waals surface area contributed by atoms with Gasteiger partial charge in [0.1, 0.15) is 16.6 Å². The molecule has 0 aliphatic rings. The van der Waals surface area contributed by atoms with Crippen molar-refractivity contribution in [3.05, 3.63) is 58.9 Å². The van der Waals surface area contributed by atoms with Crippen molar-refractivity contribution in [2.75, 3.05) is 11.9 Å². The van der Waals surface area contributed by atoms with Crippen molar-refractivity contribution in [2.45, 2.75) is 12.8 Å². The number of imidazole rings is 1. The van der Waals surface area contributed by atoms with Gasteiger partial charge in [-0.3, -0.25) is 0 Å². The Morgan fingerprint density at radius 3 is 2.77 bits per heavy atom. The van der Waals surface area contributed by atoms with Crippen molar-refractivity contribution in [3.8, 4) is 0 Å². The van der Waals surface area contributed by atoms with Crippen molar-refractivity contribution in [1.82, 2.24) is 19.7 Å². The van der Waals surface area contributed by atoms with E-state index in [0.717, 1.165) is 34.5 Å². The van der Waals surface area contributed by atoms with Crippen LogP contribution >= 0.6 is 11.3 Å². The van der Waals surface area contributed by atoms with Crippen LogP contribution in [0.25, 0.3) is 0 Å². The molecule has 0 fully saturated rings. The van der Waals surface area contributed by atoms with Gasteiger partial charge in [0.25, 0.3) is 0 Å². The Bertz CT molecular complexity index is 734. The first-order chi connectivity index (χ1) is 10.7. The first-order valence-electron chi connectivity index (χ1n) is 6.97. The lowest BCUT2D eigenvalue weighted by atomic mass is 10.2. The lowest BCUT2D eigenvalue weighted by Gasteiger charge is -2.02. The fraction of sp³-hybridized carbons (Fsp3) is 0.267. The number of hydrogen-bond donors (Lipinski definition) is 1. The van der Waals surface area contributed by atoms with Crippen LogP contribution in [-0.2, 0) is 19.9 Å². The summed E-state index contributed by atoms with van der Waals surface area (Å²) in [5, 5.41) is 13.2. The molecule has 114 valence electrons. The van der Waals surface area contributed by atoms with Gasteiger partial charge >= 0.3 is 0 Å². The van der Waals surface area contributed by atoms with Gasteiger partial charge in [-0.25, -0.2) is 9.37 Å². The minimum Gasteiger partial charge on any atom is -0.360 e. The van der Waals surface area contributed by atoms with Crippen LogP contribution in [0.5, 0.6) is 0 Å². The highest BCUT2D eigenvalue weighted by Gasteiger charge is 2.06. The lowest BCUT2D eigenvalue weighted by molar-refractivity contribution is 0.627. The average molecular weight is 317 g/mol. The molecule has 0 spiro atoms. The third-order valence-corrected chi connectivity index (χ3v) is 4.16. The monoisotopic (exact) mass is 317 g/mol.